The summed E-state index contributed by atoms with van der Waals surface area (Å²) < 4.78 is 110. The Morgan fingerprint density at radius 3 is 2.11 bits per heavy atom. The summed E-state index contributed by atoms with van der Waals surface area (Å²) in [7, 11) is -3.59. The number of amides is 2. The van der Waals surface area contributed by atoms with Crippen LogP contribution in [0.4, 0.5) is 36.8 Å². The summed E-state index contributed by atoms with van der Waals surface area (Å²) in [5.41, 5.74) is -1.56. The molecule has 2 bridgehead atoms. The van der Waals surface area contributed by atoms with Crippen molar-refractivity contribution in [1.29, 1.82) is 0 Å². The Hall–Kier alpha value is -3.00. The Morgan fingerprint density at radius 1 is 0.974 bits per heavy atom. The van der Waals surface area contributed by atoms with E-state index in [9.17, 15) is 39.6 Å². The first-order valence-electron chi connectivity index (χ1n) is 11.7. The number of halogens is 6. The molecule has 208 valence electrons. The molecule has 0 aromatic heterocycles. The number of anilines is 1. The fourth-order valence-electron chi connectivity index (χ4n) is 4.89. The first-order valence-corrected chi connectivity index (χ1v) is 13.6. The number of ether oxygens (including phenoxy) is 1. The molecule has 38 heavy (non-hydrogen) atoms. The zero-order chi connectivity index (χ0) is 27.9. The Labute approximate surface area is 215 Å². The molecule has 2 aromatic rings. The summed E-state index contributed by atoms with van der Waals surface area (Å²) in [6.45, 7) is -0.307. The minimum absolute atomic E-state index is 0.116. The van der Waals surface area contributed by atoms with E-state index in [1.807, 2.05) is 0 Å². The van der Waals surface area contributed by atoms with Crippen LogP contribution in [0.25, 0.3) is 0 Å². The predicted octanol–water partition coefficient (Wildman–Crippen LogP) is 5.38. The van der Waals surface area contributed by atoms with Crippen LogP contribution in [0.1, 0.15) is 42.4 Å². The fraction of sp³-hybridized carbons (Fsp3) is 0.458. The summed E-state index contributed by atoms with van der Waals surface area (Å²) in [5.74, 6) is -0.382. The van der Waals surface area contributed by atoms with Crippen LogP contribution in [-0.2, 0) is 28.9 Å². The van der Waals surface area contributed by atoms with Crippen LogP contribution in [0.15, 0.2) is 42.5 Å². The number of nitrogens with zero attached hydrogens (tertiary/aromatic N) is 1. The fourth-order valence-corrected chi connectivity index (χ4v) is 5.32. The van der Waals surface area contributed by atoms with E-state index in [0.717, 1.165) is 42.7 Å². The predicted molar refractivity (Wildman–Crippen MR) is 126 cm³/mol. The maximum Gasteiger partial charge on any atom is 0.419 e. The van der Waals surface area contributed by atoms with Crippen molar-refractivity contribution in [2.45, 2.75) is 62.8 Å². The third-order valence-electron chi connectivity index (χ3n) is 6.57. The number of hydrogen-bond acceptors (Lipinski definition) is 4. The van der Waals surface area contributed by atoms with Gasteiger partial charge in [0.2, 0.25) is 10.0 Å². The van der Waals surface area contributed by atoms with Gasteiger partial charge in [-0.2, -0.15) is 26.3 Å². The maximum absolute atomic E-state index is 13.7. The quantitative estimate of drug-likeness (QED) is 0.461. The Bertz CT molecular complexity index is 1270. The molecular weight excluding hydrogens is 540 g/mol. The molecule has 2 aliphatic rings. The van der Waals surface area contributed by atoms with Crippen LogP contribution in [0.3, 0.4) is 0 Å². The van der Waals surface area contributed by atoms with Crippen molar-refractivity contribution < 1.29 is 44.3 Å². The normalized spacial score (nSPS) is 21.9. The van der Waals surface area contributed by atoms with Gasteiger partial charge < -0.3 is 15.0 Å². The molecule has 7 nitrogen and oxygen atoms in total. The smallest absolute Gasteiger partial charge is 0.419 e. The molecule has 3 atom stereocenters. The number of carbonyl (C=O) groups is 1. The molecule has 0 saturated carbocycles. The van der Waals surface area contributed by atoms with Crippen molar-refractivity contribution in [3.8, 4) is 5.75 Å². The lowest BCUT2D eigenvalue weighted by Gasteiger charge is -2.39. The van der Waals surface area contributed by atoms with E-state index < -0.39 is 45.6 Å². The van der Waals surface area contributed by atoms with Gasteiger partial charge in [-0.05, 0) is 54.8 Å². The molecule has 2 heterocycles. The van der Waals surface area contributed by atoms with Crippen molar-refractivity contribution in [2.75, 3.05) is 11.6 Å². The zero-order valence-electron chi connectivity index (χ0n) is 20.1. The average Bonchev–Trinajstić information content (AvgIpc) is 3.07. The van der Waals surface area contributed by atoms with Gasteiger partial charge >= 0.3 is 18.4 Å². The van der Waals surface area contributed by atoms with Crippen LogP contribution in [0, 0.1) is 0 Å². The molecule has 2 N–H and O–H groups in total. The third-order valence-corrected chi connectivity index (χ3v) is 7.24. The SMILES string of the molecule is CS(=O)(=O)NCc1ccc(OC2C[C@H]3CC[C@@H](C2)N3C(=O)Nc2ccc(C(F)(F)F)cc2)c(C(F)(F)F)c1. The molecule has 2 fully saturated rings. The van der Waals surface area contributed by atoms with E-state index in [1.54, 1.807) is 4.90 Å². The number of rotatable bonds is 6. The monoisotopic (exact) mass is 565 g/mol. The second-order valence-electron chi connectivity index (χ2n) is 9.43. The molecule has 0 spiro atoms. The van der Waals surface area contributed by atoms with Crippen LogP contribution in [0.5, 0.6) is 5.75 Å². The minimum atomic E-state index is -4.74. The van der Waals surface area contributed by atoms with Crippen molar-refractivity contribution in [3.05, 3.63) is 59.2 Å². The van der Waals surface area contributed by atoms with Gasteiger partial charge in [0.1, 0.15) is 11.9 Å². The van der Waals surface area contributed by atoms with Gasteiger partial charge in [-0.1, -0.05) is 6.07 Å². The van der Waals surface area contributed by atoms with Crippen LogP contribution < -0.4 is 14.8 Å². The second-order valence-corrected chi connectivity index (χ2v) is 11.3. The van der Waals surface area contributed by atoms with E-state index in [0.29, 0.717) is 12.8 Å². The summed E-state index contributed by atoms with van der Waals surface area (Å²) in [4.78, 5) is 14.5. The average molecular weight is 566 g/mol. The Balaban J connectivity index is 1.42. The van der Waals surface area contributed by atoms with Gasteiger partial charge in [0.25, 0.3) is 0 Å². The van der Waals surface area contributed by atoms with E-state index >= 15 is 0 Å². The Kier molecular flexibility index (Phi) is 7.58. The Morgan fingerprint density at radius 2 is 1.58 bits per heavy atom. The second kappa shape index (κ2) is 10.3. The molecule has 2 aliphatic heterocycles. The lowest BCUT2D eigenvalue weighted by molar-refractivity contribution is -0.139. The standard InChI is InChI=1S/C24H25F6N3O4S/c1-38(35,36)31-13-14-2-9-21(20(10-14)24(28,29)30)37-19-11-17-7-8-18(12-19)33(17)22(34)32-16-5-3-15(4-6-16)23(25,26)27/h2-6,9-10,17-19,31H,7-8,11-13H2,1H3,(H,32,34)/t17-,18+,19?. The lowest BCUT2D eigenvalue weighted by atomic mass is 9.99. The molecule has 2 aromatic carbocycles. The number of benzene rings is 2. The van der Waals surface area contributed by atoms with Gasteiger partial charge in [0.15, 0.2) is 0 Å². The van der Waals surface area contributed by atoms with E-state index in [1.165, 1.54) is 6.07 Å². The summed E-state index contributed by atoms with van der Waals surface area (Å²) in [6, 6.07) is 6.30. The molecule has 14 heteroatoms. The summed E-state index contributed by atoms with van der Waals surface area (Å²) >= 11 is 0. The van der Waals surface area contributed by atoms with E-state index in [2.05, 4.69) is 10.0 Å². The maximum atomic E-state index is 13.7. The van der Waals surface area contributed by atoms with E-state index in [-0.39, 0.29) is 48.5 Å². The van der Waals surface area contributed by atoms with Crippen LogP contribution in [-0.4, -0.2) is 43.8 Å². The number of carbonyl (C=O) groups excluding carboxylic acids is 1. The first-order chi connectivity index (χ1) is 17.6. The third kappa shape index (κ3) is 6.70. The largest absolute Gasteiger partial charge is 0.490 e. The topological polar surface area (TPSA) is 87.7 Å². The van der Waals surface area contributed by atoms with Gasteiger partial charge in [0, 0.05) is 37.2 Å². The van der Waals surface area contributed by atoms with Crippen molar-refractivity contribution in [3.63, 3.8) is 0 Å². The first kappa shape index (κ1) is 28.0. The van der Waals surface area contributed by atoms with Crippen LogP contribution >= 0.6 is 0 Å². The van der Waals surface area contributed by atoms with Gasteiger partial charge in [-0.25, -0.2) is 17.9 Å². The van der Waals surface area contributed by atoms with Gasteiger partial charge in [-0.3, -0.25) is 0 Å². The number of hydrogen-bond donors (Lipinski definition) is 2. The summed E-state index contributed by atoms with van der Waals surface area (Å²) in [5, 5.41) is 2.59. The van der Waals surface area contributed by atoms with E-state index in [4.69, 9.17) is 4.74 Å². The zero-order valence-corrected chi connectivity index (χ0v) is 20.9. The van der Waals surface area contributed by atoms with Crippen molar-refractivity contribution in [2.24, 2.45) is 0 Å². The molecule has 2 amide bonds. The molecule has 2 saturated heterocycles. The molecule has 1 unspecified atom stereocenters. The number of urea groups is 1. The number of nitrogens with one attached hydrogen (secondary N) is 2. The number of piperidine rings is 1. The number of sulfonamides is 1. The highest BCUT2D eigenvalue weighted by atomic mass is 32.2. The number of fused-ring (bicyclic) bond motifs is 2. The van der Waals surface area contributed by atoms with Gasteiger partial charge in [-0.15, -0.1) is 0 Å². The van der Waals surface area contributed by atoms with Crippen molar-refractivity contribution in [1.82, 2.24) is 9.62 Å². The highest BCUT2D eigenvalue weighted by Gasteiger charge is 2.45. The number of alkyl halides is 6. The molecule has 0 radical (unpaired) electrons. The highest BCUT2D eigenvalue weighted by molar-refractivity contribution is 7.88. The van der Waals surface area contributed by atoms with Crippen LogP contribution in [0.2, 0.25) is 0 Å². The minimum Gasteiger partial charge on any atom is -0.490 e. The molecule has 0 aliphatic carbocycles. The molecular formula is C24H25F6N3O4S. The molecule has 4 rings (SSSR count). The summed E-state index contributed by atoms with van der Waals surface area (Å²) in [6.07, 6.45) is -7.12. The van der Waals surface area contributed by atoms with Crippen molar-refractivity contribution >= 4 is 21.7 Å². The van der Waals surface area contributed by atoms with Gasteiger partial charge in [0.05, 0.1) is 17.4 Å². The highest BCUT2D eigenvalue weighted by Crippen LogP contribution is 2.41. The lowest BCUT2D eigenvalue weighted by Crippen LogP contribution is -2.50.